The summed E-state index contributed by atoms with van der Waals surface area (Å²) >= 11 is 0. The van der Waals surface area contributed by atoms with Crippen molar-refractivity contribution in [2.45, 2.75) is 25.6 Å². The zero-order valence-corrected chi connectivity index (χ0v) is 10.8. The van der Waals surface area contributed by atoms with Gasteiger partial charge in [-0.2, -0.15) is 5.10 Å². The van der Waals surface area contributed by atoms with Crippen LogP contribution in [0.1, 0.15) is 18.6 Å². The van der Waals surface area contributed by atoms with Gasteiger partial charge in [-0.05, 0) is 30.7 Å². The summed E-state index contributed by atoms with van der Waals surface area (Å²) in [7, 11) is 0. The molecule has 0 amide bonds. The third-order valence-corrected chi connectivity index (χ3v) is 2.91. The minimum Gasteiger partial charge on any atom is -0.387 e. The first-order valence-electron chi connectivity index (χ1n) is 6.29. The Balaban J connectivity index is 1.81. The maximum atomic E-state index is 13.0. The van der Waals surface area contributed by atoms with Crippen LogP contribution in [0.25, 0.3) is 0 Å². The SMILES string of the molecule is CC(Cn1cccn1)NCC(O)c1cccc(F)c1. The normalized spacial score (nSPS) is 14.3. The van der Waals surface area contributed by atoms with Gasteiger partial charge in [0.2, 0.25) is 0 Å². The van der Waals surface area contributed by atoms with E-state index >= 15 is 0 Å². The number of hydrogen-bond acceptors (Lipinski definition) is 3. The Labute approximate surface area is 111 Å². The van der Waals surface area contributed by atoms with E-state index in [1.54, 1.807) is 18.3 Å². The summed E-state index contributed by atoms with van der Waals surface area (Å²) in [6.45, 7) is 3.12. The molecule has 0 bridgehead atoms. The molecule has 4 nitrogen and oxygen atoms in total. The van der Waals surface area contributed by atoms with Crippen molar-refractivity contribution >= 4 is 0 Å². The molecule has 1 aromatic heterocycles. The van der Waals surface area contributed by atoms with E-state index in [2.05, 4.69) is 10.4 Å². The highest BCUT2D eigenvalue weighted by atomic mass is 19.1. The summed E-state index contributed by atoms with van der Waals surface area (Å²) in [4.78, 5) is 0. The molecular formula is C14H18FN3O. The average molecular weight is 263 g/mol. The molecule has 0 fully saturated rings. The Kier molecular flexibility index (Phi) is 4.65. The van der Waals surface area contributed by atoms with Crippen LogP contribution in [0.4, 0.5) is 4.39 Å². The van der Waals surface area contributed by atoms with Gasteiger partial charge in [-0.25, -0.2) is 4.39 Å². The highest BCUT2D eigenvalue weighted by Crippen LogP contribution is 2.13. The number of halogens is 1. The van der Waals surface area contributed by atoms with Gasteiger partial charge in [0.15, 0.2) is 0 Å². The molecule has 19 heavy (non-hydrogen) atoms. The van der Waals surface area contributed by atoms with Crippen LogP contribution in [0.15, 0.2) is 42.7 Å². The lowest BCUT2D eigenvalue weighted by Gasteiger charge is -2.17. The van der Waals surface area contributed by atoms with Gasteiger partial charge in [-0.15, -0.1) is 0 Å². The van der Waals surface area contributed by atoms with E-state index in [1.807, 2.05) is 23.9 Å². The number of aliphatic hydroxyl groups excluding tert-OH is 1. The second-order valence-electron chi connectivity index (χ2n) is 4.61. The lowest BCUT2D eigenvalue weighted by molar-refractivity contribution is 0.168. The Morgan fingerprint density at radius 1 is 1.42 bits per heavy atom. The Morgan fingerprint density at radius 3 is 2.95 bits per heavy atom. The predicted octanol–water partition coefficient (Wildman–Crippen LogP) is 1.73. The van der Waals surface area contributed by atoms with Crippen LogP contribution < -0.4 is 5.32 Å². The van der Waals surface area contributed by atoms with Gasteiger partial charge in [0.25, 0.3) is 0 Å². The summed E-state index contributed by atoms with van der Waals surface area (Å²) in [5, 5.41) is 17.3. The number of nitrogens with one attached hydrogen (secondary N) is 1. The first kappa shape index (κ1) is 13.7. The van der Waals surface area contributed by atoms with Crippen LogP contribution in [0, 0.1) is 5.82 Å². The average Bonchev–Trinajstić information content (AvgIpc) is 2.88. The zero-order chi connectivity index (χ0) is 13.7. The number of aliphatic hydroxyl groups is 1. The number of benzene rings is 1. The van der Waals surface area contributed by atoms with Gasteiger partial charge in [0, 0.05) is 25.0 Å². The lowest BCUT2D eigenvalue weighted by Crippen LogP contribution is -2.33. The predicted molar refractivity (Wildman–Crippen MR) is 71.1 cm³/mol. The van der Waals surface area contributed by atoms with Crippen LogP contribution in [0.5, 0.6) is 0 Å². The molecule has 1 heterocycles. The van der Waals surface area contributed by atoms with E-state index in [9.17, 15) is 9.50 Å². The monoisotopic (exact) mass is 263 g/mol. The molecule has 0 saturated carbocycles. The van der Waals surface area contributed by atoms with Crippen molar-refractivity contribution in [1.82, 2.24) is 15.1 Å². The van der Waals surface area contributed by atoms with Crippen LogP contribution in [-0.2, 0) is 6.54 Å². The van der Waals surface area contributed by atoms with Gasteiger partial charge < -0.3 is 10.4 Å². The Morgan fingerprint density at radius 2 is 2.26 bits per heavy atom. The van der Waals surface area contributed by atoms with Crippen molar-refractivity contribution in [1.29, 1.82) is 0 Å². The summed E-state index contributed by atoms with van der Waals surface area (Å²) in [6, 6.07) is 8.07. The molecular weight excluding hydrogens is 245 g/mol. The fourth-order valence-corrected chi connectivity index (χ4v) is 1.90. The van der Waals surface area contributed by atoms with Crippen molar-refractivity contribution in [2.24, 2.45) is 0 Å². The van der Waals surface area contributed by atoms with E-state index in [0.29, 0.717) is 12.1 Å². The summed E-state index contributed by atoms with van der Waals surface area (Å²) in [5.41, 5.74) is 0.582. The maximum absolute atomic E-state index is 13.0. The molecule has 0 aliphatic heterocycles. The van der Waals surface area contributed by atoms with Crippen LogP contribution in [0.2, 0.25) is 0 Å². The molecule has 102 valence electrons. The maximum Gasteiger partial charge on any atom is 0.123 e. The Bertz CT molecular complexity index is 501. The highest BCUT2D eigenvalue weighted by molar-refractivity contribution is 5.18. The Hall–Kier alpha value is -1.72. The summed E-state index contributed by atoms with van der Waals surface area (Å²) in [5.74, 6) is -0.332. The number of rotatable bonds is 6. The molecule has 0 aliphatic carbocycles. The molecule has 0 radical (unpaired) electrons. The van der Waals surface area contributed by atoms with Crippen LogP contribution >= 0.6 is 0 Å². The molecule has 2 aromatic rings. The first-order chi connectivity index (χ1) is 9.15. The molecule has 0 saturated heterocycles. The molecule has 2 N–H and O–H groups in total. The van der Waals surface area contributed by atoms with Crippen molar-refractivity contribution in [3.05, 3.63) is 54.1 Å². The van der Waals surface area contributed by atoms with E-state index in [1.165, 1.54) is 12.1 Å². The van der Waals surface area contributed by atoms with Crippen LogP contribution in [-0.4, -0.2) is 27.5 Å². The number of aromatic nitrogens is 2. The van der Waals surface area contributed by atoms with Gasteiger partial charge in [-0.1, -0.05) is 12.1 Å². The highest BCUT2D eigenvalue weighted by Gasteiger charge is 2.10. The van der Waals surface area contributed by atoms with E-state index in [-0.39, 0.29) is 11.9 Å². The minimum absolute atomic E-state index is 0.170. The first-order valence-corrected chi connectivity index (χ1v) is 6.29. The van der Waals surface area contributed by atoms with Crippen molar-refractivity contribution in [3.8, 4) is 0 Å². The minimum atomic E-state index is -0.712. The summed E-state index contributed by atoms with van der Waals surface area (Å²) in [6.07, 6.45) is 2.91. The zero-order valence-electron chi connectivity index (χ0n) is 10.8. The topological polar surface area (TPSA) is 50.1 Å². The van der Waals surface area contributed by atoms with Gasteiger partial charge in [-0.3, -0.25) is 4.68 Å². The largest absolute Gasteiger partial charge is 0.387 e. The molecule has 5 heteroatoms. The lowest BCUT2D eigenvalue weighted by atomic mass is 10.1. The van der Waals surface area contributed by atoms with Crippen molar-refractivity contribution < 1.29 is 9.50 Å². The van der Waals surface area contributed by atoms with E-state index in [4.69, 9.17) is 0 Å². The molecule has 1 aromatic carbocycles. The second kappa shape index (κ2) is 6.45. The third kappa shape index (κ3) is 4.15. The van der Waals surface area contributed by atoms with Gasteiger partial charge >= 0.3 is 0 Å². The molecule has 0 aliphatic rings. The summed E-state index contributed by atoms with van der Waals surface area (Å²) < 4.78 is 14.9. The molecule has 2 unspecified atom stereocenters. The fourth-order valence-electron chi connectivity index (χ4n) is 1.90. The third-order valence-electron chi connectivity index (χ3n) is 2.91. The quantitative estimate of drug-likeness (QED) is 0.834. The second-order valence-corrected chi connectivity index (χ2v) is 4.61. The standard InChI is InChI=1S/C14H18FN3O/c1-11(10-18-7-3-6-17-18)16-9-14(19)12-4-2-5-13(15)8-12/h2-8,11,14,16,19H,9-10H2,1H3. The number of hydrogen-bond donors (Lipinski definition) is 2. The van der Waals surface area contributed by atoms with E-state index < -0.39 is 6.10 Å². The molecule has 2 rings (SSSR count). The van der Waals surface area contributed by atoms with Gasteiger partial charge in [0.05, 0.1) is 12.6 Å². The van der Waals surface area contributed by atoms with Crippen LogP contribution in [0.3, 0.4) is 0 Å². The van der Waals surface area contributed by atoms with Gasteiger partial charge in [0.1, 0.15) is 5.82 Å². The molecule has 2 atom stereocenters. The van der Waals surface area contributed by atoms with E-state index in [0.717, 1.165) is 6.54 Å². The fraction of sp³-hybridized carbons (Fsp3) is 0.357. The molecule has 0 spiro atoms. The van der Waals surface area contributed by atoms with Crippen molar-refractivity contribution in [2.75, 3.05) is 6.54 Å². The number of nitrogens with zero attached hydrogens (tertiary/aromatic N) is 2. The van der Waals surface area contributed by atoms with Crippen molar-refractivity contribution in [3.63, 3.8) is 0 Å². The smallest absolute Gasteiger partial charge is 0.123 e.